The summed E-state index contributed by atoms with van der Waals surface area (Å²) in [6.07, 6.45) is 5.45. The lowest BCUT2D eigenvalue weighted by Gasteiger charge is -2.16. The number of hydrogen-bond donors (Lipinski definition) is 3. The molecule has 30 heavy (non-hydrogen) atoms. The Bertz CT molecular complexity index is 980. The van der Waals surface area contributed by atoms with Crippen molar-refractivity contribution in [1.29, 1.82) is 0 Å². The summed E-state index contributed by atoms with van der Waals surface area (Å²) in [5.41, 5.74) is 5.88. The van der Waals surface area contributed by atoms with Crippen LogP contribution in [0.25, 0.3) is 11.1 Å². The molecule has 0 saturated heterocycles. The smallest absolute Gasteiger partial charge is 0.324 e. The van der Waals surface area contributed by atoms with Gasteiger partial charge in [-0.1, -0.05) is 66.2 Å². The number of benzene rings is 3. The van der Waals surface area contributed by atoms with E-state index >= 15 is 0 Å². The van der Waals surface area contributed by atoms with Crippen LogP contribution < -0.4 is 4.74 Å². The Morgan fingerprint density at radius 1 is 0.767 bits per heavy atom. The van der Waals surface area contributed by atoms with Crippen LogP contribution in [0.3, 0.4) is 0 Å². The fourth-order valence-electron chi connectivity index (χ4n) is 3.11. The number of allylic oxidation sites excluding steroid dienone is 2. The number of ether oxygens (including phenoxy) is 1. The van der Waals surface area contributed by atoms with Gasteiger partial charge in [0.2, 0.25) is 0 Å². The van der Waals surface area contributed by atoms with Gasteiger partial charge in [-0.05, 0) is 54.7 Å². The van der Waals surface area contributed by atoms with Crippen LogP contribution in [-0.2, 0) is 12.8 Å². The van der Waals surface area contributed by atoms with E-state index in [9.17, 15) is 0 Å². The van der Waals surface area contributed by atoms with Gasteiger partial charge >= 0.3 is 8.60 Å². The summed E-state index contributed by atoms with van der Waals surface area (Å²) < 4.78 is 6.36. The van der Waals surface area contributed by atoms with Crippen LogP contribution in [-0.4, -0.2) is 14.7 Å². The third kappa shape index (κ3) is 6.94. The van der Waals surface area contributed by atoms with E-state index in [0.29, 0.717) is 0 Å². The topological polar surface area (TPSA) is 69.9 Å². The monoisotopic (exact) mass is 422 g/mol. The van der Waals surface area contributed by atoms with Crippen LogP contribution >= 0.6 is 8.60 Å². The van der Waals surface area contributed by atoms with E-state index in [0.717, 1.165) is 35.5 Å². The standard InChI is InChI=1S/C25H24O.H3O3P/c1-4-10-20-12-6-8-14-22(20)23-18-19(3)16-17-25(23)26-24-15-9-7-13-21(24)11-5-2;1-4(2)3/h4-9,12-18H,1-2,10-11H2,3H3;1-3H. The van der Waals surface area contributed by atoms with Crippen LogP contribution in [0.15, 0.2) is 92.0 Å². The minimum Gasteiger partial charge on any atom is -0.456 e. The van der Waals surface area contributed by atoms with E-state index in [-0.39, 0.29) is 0 Å². The lowest BCUT2D eigenvalue weighted by molar-refractivity contribution is 0.368. The molecule has 3 rings (SSSR count). The van der Waals surface area contributed by atoms with E-state index in [1.807, 2.05) is 30.4 Å². The van der Waals surface area contributed by atoms with Crippen LogP contribution in [0.5, 0.6) is 11.5 Å². The molecule has 0 atom stereocenters. The first kappa shape index (κ1) is 23.5. The average Bonchev–Trinajstić information content (AvgIpc) is 2.71. The molecule has 0 spiro atoms. The SMILES string of the molecule is C=CCc1ccccc1Oc1ccc(C)cc1-c1ccccc1CC=C.OP(O)O. The van der Waals surface area contributed by atoms with Crippen molar-refractivity contribution in [2.45, 2.75) is 19.8 Å². The quantitative estimate of drug-likeness (QED) is 0.318. The van der Waals surface area contributed by atoms with E-state index in [1.54, 1.807) is 0 Å². The highest BCUT2D eigenvalue weighted by atomic mass is 31.2. The summed E-state index contributed by atoms with van der Waals surface area (Å²) in [5, 5.41) is 0. The first-order valence-electron chi connectivity index (χ1n) is 9.49. The van der Waals surface area contributed by atoms with Crippen LogP contribution in [0.2, 0.25) is 0 Å². The molecule has 0 unspecified atom stereocenters. The predicted octanol–water partition coefficient (Wildman–Crippen LogP) is 6.10. The van der Waals surface area contributed by atoms with Crippen molar-refractivity contribution in [3.63, 3.8) is 0 Å². The lowest BCUT2D eigenvalue weighted by Crippen LogP contribution is -1.95. The molecule has 4 nitrogen and oxygen atoms in total. The molecular formula is C25H27O4P. The van der Waals surface area contributed by atoms with Gasteiger partial charge in [-0.15, -0.1) is 13.2 Å². The average molecular weight is 422 g/mol. The van der Waals surface area contributed by atoms with Gasteiger partial charge in [0.25, 0.3) is 0 Å². The Morgan fingerprint density at radius 2 is 1.33 bits per heavy atom. The number of para-hydroxylation sites is 1. The Labute approximate surface area is 179 Å². The maximum Gasteiger partial charge on any atom is 0.324 e. The molecule has 0 saturated carbocycles. The van der Waals surface area contributed by atoms with Crippen LogP contribution in [0.4, 0.5) is 0 Å². The largest absolute Gasteiger partial charge is 0.456 e. The predicted molar refractivity (Wildman–Crippen MR) is 125 cm³/mol. The van der Waals surface area contributed by atoms with Gasteiger partial charge in [0.15, 0.2) is 0 Å². The van der Waals surface area contributed by atoms with Gasteiger partial charge in [-0.2, -0.15) is 0 Å². The zero-order chi connectivity index (χ0) is 21.9. The minimum absolute atomic E-state index is 0.782. The van der Waals surface area contributed by atoms with Crippen molar-refractivity contribution in [2.24, 2.45) is 0 Å². The highest BCUT2D eigenvalue weighted by Gasteiger charge is 2.12. The van der Waals surface area contributed by atoms with Crippen molar-refractivity contribution in [2.75, 3.05) is 0 Å². The molecule has 0 bridgehead atoms. The number of hydrogen-bond acceptors (Lipinski definition) is 4. The Kier molecular flexibility index (Phi) is 9.46. The fraction of sp³-hybridized carbons (Fsp3) is 0.120. The van der Waals surface area contributed by atoms with Crippen molar-refractivity contribution in [1.82, 2.24) is 0 Å². The zero-order valence-electron chi connectivity index (χ0n) is 17.0. The summed E-state index contributed by atoms with van der Waals surface area (Å²) in [4.78, 5) is 21.7. The Hall–Kier alpha value is -2.75. The molecule has 5 heteroatoms. The highest BCUT2D eigenvalue weighted by molar-refractivity contribution is 7.38. The summed E-state index contributed by atoms with van der Waals surface area (Å²) in [5.74, 6) is 1.74. The summed E-state index contributed by atoms with van der Waals surface area (Å²) in [6.45, 7) is 9.84. The lowest BCUT2D eigenvalue weighted by atomic mass is 9.95. The molecule has 0 aliphatic heterocycles. The van der Waals surface area contributed by atoms with Gasteiger partial charge in [-0.3, -0.25) is 0 Å². The van der Waals surface area contributed by atoms with E-state index in [4.69, 9.17) is 19.4 Å². The van der Waals surface area contributed by atoms with Gasteiger partial charge in [0.05, 0.1) is 0 Å². The van der Waals surface area contributed by atoms with Gasteiger partial charge < -0.3 is 19.4 Å². The molecule has 3 aromatic rings. The molecule has 0 radical (unpaired) electrons. The van der Waals surface area contributed by atoms with E-state index in [1.165, 1.54) is 16.7 Å². The zero-order valence-corrected chi connectivity index (χ0v) is 17.9. The molecular weight excluding hydrogens is 395 g/mol. The Morgan fingerprint density at radius 3 is 2.00 bits per heavy atom. The maximum atomic E-state index is 7.23. The molecule has 0 aromatic heterocycles. The third-order valence-electron chi connectivity index (χ3n) is 4.36. The molecule has 0 fully saturated rings. The molecule has 0 aliphatic rings. The second-order valence-electron chi connectivity index (χ2n) is 6.62. The molecule has 156 valence electrons. The normalized spacial score (nSPS) is 10.2. The third-order valence-corrected chi connectivity index (χ3v) is 4.36. The van der Waals surface area contributed by atoms with E-state index in [2.05, 4.69) is 68.6 Å². The molecule has 3 aromatic carbocycles. The second kappa shape index (κ2) is 12.1. The maximum absolute atomic E-state index is 7.23. The summed E-state index contributed by atoms with van der Waals surface area (Å²) in [7, 11) is -2.62. The van der Waals surface area contributed by atoms with Crippen molar-refractivity contribution >= 4 is 8.60 Å². The van der Waals surface area contributed by atoms with Gasteiger partial charge in [-0.25, -0.2) is 0 Å². The van der Waals surface area contributed by atoms with Gasteiger partial charge in [0, 0.05) is 5.56 Å². The molecule has 0 amide bonds. The van der Waals surface area contributed by atoms with Crippen molar-refractivity contribution in [3.8, 4) is 22.6 Å². The Balaban J connectivity index is 0.000000735. The van der Waals surface area contributed by atoms with Gasteiger partial charge in [0.1, 0.15) is 11.5 Å². The molecule has 0 aliphatic carbocycles. The highest BCUT2D eigenvalue weighted by Crippen LogP contribution is 2.37. The van der Waals surface area contributed by atoms with Crippen molar-refractivity contribution < 1.29 is 19.4 Å². The van der Waals surface area contributed by atoms with Crippen LogP contribution in [0, 0.1) is 6.92 Å². The van der Waals surface area contributed by atoms with E-state index < -0.39 is 8.60 Å². The first-order chi connectivity index (χ1) is 14.5. The first-order valence-corrected chi connectivity index (χ1v) is 10.7. The van der Waals surface area contributed by atoms with Crippen molar-refractivity contribution in [3.05, 3.63) is 109 Å². The summed E-state index contributed by atoms with van der Waals surface area (Å²) in [6, 6.07) is 22.9. The summed E-state index contributed by atoms with van der Waals surface area (Å²) >= 11 is 0. The minimum atomic E-state index is -2.62. The number of rotatable bonds is 7. The second-order valence-corrected chi connectivity index (χ2v) is 7.16. The molecule has 3 N–H and O–H groups in total. The number of aryl methyl sites for hydroxylation is 1. The van der Waals surface area contributed by atoms with Crippen LogP contribution in [0.1, 0.15) is 16.7 Å². The fourth-order valence-corrected chi connectivity index (χ4v) is 3.11. The molecule has 0 heterocycles.